The van der Waals surface area contributed by atoms with Gasteiger partial charge in [-0.15, -0.1) is 0 Å². The van der Waals surface area contributed by atoms with E-state index in [1.54, 1.807) is 6.07 Å². The van der Waals surface area contributed by atoms with Crippen molar-refractivity contribution in [2.45, 2.75) is 24.7 Å². The summed E-state index contributed by atoms with van der Waals surface area (Å²) in [6.45, 7) is 0. The van der Waals surface area contributed by atoms with Crippen LogP contribution in [0.1, 0.15) is 24.8 Å². The van der Waals surface area contributed by atoms with Crippen LogP contribution in [0.4, 0.5) is 4.39 Å². The van der Waals surface area contributed by atoms with Gasteiger partial charge in [0.15, 0.2) is 0 Å². The molecule has 0 aliphatic heterocycles. The molecular formula is C11H9Cl2FO2. The maximum absolute atomic E-state index is 13.4. The summed E-state index contributed by atoms with van der Waals surface area (Å²) in [5, 5.41) is 9.04. The summed E-state index contributed by atoms with van der Waals surface area (Å²) in [6.07, 6.45) is 1.38. The molecule has 0 aromatic heterocycles. The minimum atomic E-state index is -0.908. The van der Waals surface area contributed by atoms with E-state index in [0.717, 1.165) is 6.07 Å². The van der Waals surface area contributed by atoms with E-state index in [-0.39, 0.29) is 16.5 Å². The van der Waals surface area contributed by atoms with Gasteiger partial charge < -0.3 is 5.11 Å². The molecule has 0 heterocycles. The second-order valence-corrected chi connectivity index (χ2v) is 4.91. The number of carboxylic acids is 1. The van der Waals surface area contributed by atoms with E-state index in [2.05, 4.69) is 0 Å². The number of aliphatic carboxylic acids is 1. The van der Waals surface area contributed by atoms with Gasteiger partial charge in [-0.2, -0.15) is 0 Å². The molecule has 1 aromatic rings. The molecule has 16 heavy (non-hydrogen) atoms. The van der Waals surface area contributed by atoms with Crippen LogP contribution >= 0.6 is 23.2 Å². The number of benzene rings is 1. The molecule has 1 aromatic carbocycles. The average Bonchev–Trinajstić information content (AvgIpc) is 2.91. The lowest BCUT2D eigenvalue weighted by Gasteiger charge is -2.15. The van der Waals surface area contributed by atoms with Gasteiger partial charge in [-0.1, -0.05) is 23.2 Å². The van der Waals surface area contributed by atoms with Crippen LogP contribution in [0.5, 0.6) is 0 Å². The number of carbonyl (C=O) groups is 1. The van der Waals surface area contributed by atoms with Crippen molar-refractivity contribution in [3.63, 3.8) is 0 Å². The van der Waals surface area contributed by atoms with Gasteiger partial charge >= 0.3 is 5.97 Å². The van der Waals surface area contributed by atoms with Crippen molar-refractivity contribution < 1.29 is 14.3 Å². The molecule has 1 fully saturated rings. The van der Waals surface area contributed by atoms with Crippen LogP contribution in [-0.4, -0.2) is 11.1 Å². The van der Waals surface area contributed by atoms with Crippen LogP contribution in [0.3, 0.4) is 0 Å². The Morgan fingerprint density at radius 3 is 2.56 bits per heavy atom. The molecule has 0 radical (unpaired) electrons. The number of rotatable bonds is 3. The van der Waals surface area contributed by atoms with Gasteiger partial charge in [0.25, 0.3) is 0 Å². The minimum Gasteiger partial charge on any atom is -0.481 e. The van der Waals surface area contributed by atoms with Gasteiger partial charge in [0.2, 0.25) is 0 Å². The molecule has 1 saturated carbocycles. The number of halogens is 3. The van der Waals surface area contributed by atoms with E-state index in [4.69, 9.17) is 28.3 Å². The van der Waals surface area contributed by atoms with Crippen molar-refractivity contribution >= 4 is 29.2 Å². The Labute approximate surface area is 102 Å². The monoisotopic (exact) mass is 262 g/mol. The predicted octanol–water partition coefficient (Wildman–Crippen LogP) is 3.64. The Hall–Kier alpha value is -0.800. The highest BCUT2D eigenvalue weighted by Crippen LogP contribution is 2.53. The molecule has 86 valence electrons. The lowest BCUT2D eigenvalue weighted by molar-refractivity contribution is -0.137. The van der Waals surface area contributed by atoms with E-state index >= 15 is 0 Å². The highest BCUT2D eigenvalue weighted by molar-refractivity contribution is 6.33. The Balaban J connectivity index is 2.44. The molecule has 0 atom stereocenters. The number of carboxylic acid groups (broad SMARTS) is 1. The molecule has 0 spiro atoms. The summed E-state index contributed by atoms with van der Waals surface area (Å²) >= 11 is 11.6. The number of hydrogen-bond donors (Lipinski definition) is 1. The molecule has 2 nitrogen and oxygen atoms in total. The zero-order valence-corrected chi connectivity index (χ0v) is 9.78. The van der Waals surface area contributed by atoms with Crippen molar-refractivity contribution in [2.24, 2.45) is 0 Å². The molecule has 2 rings (SSSR count). The van der Waals surface area contributed by atoms with E-state index in [1.807, 2.05) is 0 Å². The van der Waals surface area contributed by atoms with Gasteiger partial charge in [0, 0.05) is 10.4 Å². The summed E-state index contributed by atoms with van der Waals surface area (Å²) < 4.78 is 13.4. The molecule has 1 N–H and O–H groups in total. The second kappa shape index (κ2) is 3.90. The first-order valence-corrected chi connectivity index (χ1v) is 5.57. The molecule has 1 aliphatic carbocycles. The largest absolute Gasteiger partial charge is 0.481 e. The van der Waals surface area contributed by atoms with Crippen LogP contribution < -0.4 is 0 Å². The molecule has 1 aliphatic rings. The van der Waals surface area contributed by atoms with Crippen molar-refractivity contribution in [2.75, 3.05) is 0 Å². The lowest BCUT2D eigenvalue weighted by Crippen LogP contribution is -2.14. The van der Waals surface area contributed by atoms with Crippen molar-refractivity contribution in [1.82, 2.24) is 0 Å². The maximum atomic E-state index is 13.4. The van der Waals surface area contributed by atoms with Crippen LogP contribution in [-0.2, 0) is 10.2 Å². The average molecular weight is 263 g/mol. The standard InChI is InChI=1S/C11H9Cl2FO2/c12-6-3-7(10(13)8(14)4-6)11(1-2-11)5-9(15)16/h3-4H,1-2,5H2,(H,15,16). The highest BCUT2D eigenvalue weighted by Gasteiger charge is 2.47. The van der Waals surface area contributed by atoms with Gasteiger partial charge in [0.05, 0.1) is 11.4 Å². The van der Waals surface area contributed by atoms with E-state index < -0.39 is 17.2 Å². The third-order valence-corrected chi connectivity index (χ3v) is 3.51. The van der Waals surface area contributed by atoms with Crippen LogP contribution in [0.15, 0.2) is 12.1 Å². The molecule has 0 amide bonds. The van der Waals surface area contributed by atoms with Crippen LogP contribution in [0, 0.1) is 5.82 Å². The Bertz CT molecular complexity index is 456. The van der Waals surface area contributed by atoms with Gasteiger partial charge in [-0.3, -0.25) is 4.79 Å². The van der Waals surface area contributed by atoms with Gasteiger partial charge in [-0.25, -0.2) is 4.39 Å². The third-order valence-electron chi connectivity index (χ3n) is 2.91. The molecule has 0 bridgehead atoms. The zero-order chi connectivity index (χ0) is 11.9. The Morgan fingerprint density at radius 1 is 1.44 bits per heavy atom. The van der Waals surface area contributed by atoms with Gasteiger partial charge in [-0.05, 0) is 30.5 Å². The summed E-state index contributed by atoms with van der Waals surface area (Å²) in [4.78, 5) is 10.7. The van der Waals surface area contributed by atoms with E-state index in [9.17, 15) is 9.18 Å². The molecule has 5 heteroatoms. The molecule has 0 saturated heterocycles. The fourth-order valence-corrected chi connectivity index (χ4v) is 2.44. The lowest BCUT2D eigenvalue weighted by atomic mass is 9.92. The third kappa shape index (κ3) is 2.02. The Kier molecular flexibility index (Phi) is 2.84. The van der Waals surface area contributed by atoms with Crippen LogP contribution in [0.25, 0.3) is 0 Å². The molecule has 0 unspecified atom stereocenters. The minimum absolute atomic E-state index is 0.0110. The summed E-state index contributed by atoms with van der Waals surface area (Å²) in [5.74, 6) is -1.50. The van der Waals surface area contributed by atoms with Crippen molar-refractivity contribution in [1.29, 1.82) is 0 Å². The normalized spacial score (nSPS) is 17.2. The smallest absolute Gasteiger partial charge is 0.304 e. The van der Waals surface area contributed by atoms with E-state index in [1.165, 1.54) is 0 Å². The fourth-order valence-electron chi connectivity index (χ4n) is 1.92. The first-order chi connectivity index (χ1) is 7.44. The fraction of sp³-hybridized carbons (Fsp3) is 0.364. The summed E-state index contributed by atoms with van der Waals surface area (Å²) in [5.41, 5.74) is -0.00385. The summed E-state index contributed by atoms with van der Waals surface area (Å²) in [7, 11) is 0. The van der Waals surface area contributed by atoms with Gasteiger partial charge in [0.1, 0.15) is 5.82 Å². The first kappa shape index (κ1) is 11.7. The van der Waals surface area contributed by atoms with Crippen molar-refractivity contribution in [3.05, 3.63) is 33.6 Å². The zero-order valence-electron chi connectivity index (χ0n) is 8.27. The maximum Gasteiger partial charge on any atom is 0.304 e. The highest BCUT2D eigenvalue weighted by atomic mass is 35.5. The number of hydrogen-bond acceptors (Lipinski definition) is 1. The second-order valence-electron chi connectivity index (χ2n) is 4.10. The predicted molar refractivity (Wildman–Crippen MR) is 59.6 cm³/mol. The molecular weight excluding hydrogens is 254 g/mol. The Morgan fingerprint density at radius 2 is 2.06 bits per heavy atom. The van der Waals surface area contributed by atoms with Crippen LogP contribution in [0.2, 0.25) is 10.0 Å². The summed E-state index contributed by atoms with van der Waals surface area (Å²) in [6, 6.07) is 2.69. The van der Waals surface area contributed by atoms with Crippen molar-refractivity contribution in [3.8, 4) is 0 Å². The SMILES string of the molecule is O=C(O)CC1(c2cc(Cl)cc(F)c2Cl)CC1. The quantitative estimate of drug-likeness (QED) is 0.845. The van der Waals surface area contributed by atoms with E-state index in [0.29, 0.717) is 18.4 Å². The topological polar surface area (TPSA) is 37.3 Å². The first-order valence-electron chi connectivity index (χ1n) is 4.81.